The molecule has 0 aromatic rings. The van der Waals surface area contributed by atoms with Crippen LogP contribution in [0.15, 0.2) is 0 Å². The molecule has 0 aromatic heterocycles. The Kier molecular flexibility index (Phi) is 69.7. The Morgan fingerprint density at radius 3 is 0.750 bits per heavy atom. The molecule has 0 aromatic carbocycles. The molecule has 22 valence electrons. The molecule has 0 amide bonds. The molecular formula is H2Nd2O2. The Balaban J connectivity index is -0.00000000500. The van der Waals surface area contributed by atoms with Crippen LogP contribution in [0.4, 0.5) is 0 Å². The molecule has 4 heteroatoms. The molecule has 2 nitrogen and oxygen atoms in total. The number of hydrogen-bond acceptors (Lipinski definition) is 2. The summed E-state index contributed by atoms with van der Waals surface area (Å²) in [5.41, 5.74) is 0. The van der Waals surface area contributed by atoms with Crippen molar-refractivity contribution in [3.05, 3.63) is 0 Å². The van der Waals surface area contributed by atoms with E-state index in [1.807, 2.05) is 0 Å². The fourth-order valence-corrected chi connectivity index (χ4v) is 0. The van der Waals surface area contributed by atoms with Gasteiger partial charge in [0.25, 0.3) is 0 Å². The first kappa shape index (κ1) is 16.0. The molecule has 0 aliphatic carbocycles. The number of hydrogen-bond donors (Lipinski definition) is 2. The smallest absolute Gasteiger partial charge is 0 e. The summed E-state index contributed by atoms with van der Waals surface area (Å²) in [6, 6.07) is 0. The molecule has 0 aliphatic heterocycles. The standard InChI is InChI=1S/2Nd.H2O2/c;;1-2/h;;1-2H. The fourth-order valence-electron chi connectivity index (χ4n) is 0. The van der Waals surface area contributed by atoms with Gasteiger partial charge in [-0.15, -0.1) is 0 Å². The summed E-state index contributed by atoms with van der Waals surface area (Å²) in [5, 5.41) is 12.0. The first-order chi connectivity index (χ1) is 1.00. The van der Waals surface area contributed by atoms with Gasteiger partial charge >= 0.3 is 0 Å². The molecule has 0 rings (SSSR count). The van der Waals surface area contributed by atoms with Crippen molar-refractivity contribution in [1.82, 2.24) is 0 Å². The molecule has 0 radical (unpaired) electrons. The first-order valence-corrected chi connectivity index (χ1v) is 0.200. The minimum absolute atomic E-state index is 0. The molecule has 2 N–H and O–H groups in total. The van der Waals surface area contributed by atoms with Crippen molar-refractivity contribution in [1.29, 1.82) is 0 Å². The third-order valence-corrected chi connectivity index (χ3v) is 0. The van der Waals surface area contributed by atoms with Gasteiger partial charge in [-0.05, 0) is 0 Å². The Hall–Kier alpha value is 2.62. The maximum absolute atomic E-state index is 6.00. The minimum Gasteiger partial charge on any atom is -0.255 e. The fraction of sp³-hybridized carbons (Fsp3) is 0. The predicted octanol–water partition coefficient (Wildman–Crippen LogP) is 0.0174. The minimum atomic E-state index is 0. The monoisotopic (exact) mass is 318 g/mol. The summed E-state index contributed by atoms with van der Waals surface area (Å²) in [7, 11) is 0. The summed E-state index contributed by atoms with van der Waals surface area (Å²) < 4.78 is 0. The average Bonchev–Trinajstić information content (AvgIpc) is 1.00. The Morgan fingerprint density at radius 2 is 0.750 bits per heavy atom. The van der Waals surface area contributed by atoms with E-state index in [9.17, 15) is 0 Å². The van der Waals surface area contributed by atoms with E-state index in [1.54, 1.807) is 0 Å². The van der Waals surface area contributed by atoms with Crippen molar-refractivity contribution < 1.29 is 92.2 Å². The van der Waals surface area contributed by atoms with E-state index >= 15 is 0 Å². The first-order valence-electron chi connectivity index (χ1n) is 0.200. The zero-order valence-corrected chi connectivity index (χ0v) is 8.31. The van der Waals surface area contributed by atoms with Crippen molar-refractivity contribution in [3.8, 4) is 0 Å². The molecule has 0 aliphatic rings. The predicted molar refractivity (Wildman–Crippen MR) is 5.26 cm³/mol. The Bertz CT molecular complexity index is 4.00. The molecule has 4 heavy (non-hydrogen) atoms. The van der Waals surface area contributed by atoms with E-state index < -0.39 is 0 Å². The van der Waals surface area contributed by atoms with Crippen molar-refractivity contribution in [2.75, 3.05) is 0 Å². The molecule has 0 heterocycles. The third-order valence-electron chi connectivity index (χ3n) is 0. The Labute approximate surface area is 90.0 Å². The van der Waals surface area contributed by atoms with Gasteiger partial charge in [-0.2, -0.15) is 0 Å². The van der Waals surface area contributed by atoms with Crippen molar-refractivity contribution in [2.45, 2.75) is 0 Å². The summed E-state index contributed by atoms with van der Waals surface area (Å²) in [6.07, 6.45) is 0. The zero-order valence-electron chi connectivity index (χ0n) is 1.89. The van der Waals surface area contributed by atoms with Gasteiger partial charge in [-0.25, -0.2) is 0 Å². The topological polar surface area (TPSA) is 40.5 Å². The van der Waals surface area contributed by atoms with Crippen molar-refractivity contribution >= 4 is 0 Å². The van der Waals surface area contributed by atoms with Crippen LogP contribution in [0, 0.1) is 81.7 Å². The second-order valence-corrected chi connectivity index (χ2v) is 0. The average molecular weight is 322 g/mol. The number of rotatable bonds is 0. The van der Waals surface area contributed by atoms with Crippen LogP contribution in [0.5, 0.6) is 0 Å². The summed E-state index contributed by atoms with van der Waals surface area (Å²) in [5.74, 6) is 0. The third kappa shape index (κ3) is 8.82. The van der Waals surface area contributed by atoms with Crippen LogP contribution < -0.4 is 0 Å². The van der Waals surface area contributed by atoms with Crippen LogP contribution in [0.2, 0.25) is 0 Å². The van der Waals surface area contributed by atoms with Crippen LogP contribution in [0.3, 0.4) is 0 Å². The van der Waals surface area contributed by atoms with Gasteiger partial charge in [0.15, 0.2) is 0 Å². The molecule has 0 fully saturated rings. The molecule has 0 saturated carbocycles. The van der Waals surface area contributed by atoms with Gasteiger partial charge in [0.05, 0.1) is 0 Å². The normalized spacial score (nSPS) is 1.50. The largest absolute Gasteiger partial charge is 0.255 e. The molecule has 0 spiro atoms. The molecule has 0 saturated heterocycles. The molecule has 0 bridgehead atoms. The van der Waals surface area contributed by atoms with Gasteiger partial charge in [-0.3, -0.25) is 10.5 Å². The SMILES string of the molecule is OO.[Nd].[Nd]. The zero-order chi connectivity index (χ0) is 2.00. The maximum Gasteiger partial charge on any atom is 0 e. The Morgan fingerprint density at radius 1 is 0.750 bits per heavy atom. The maximum atomic E-state index is 6.00. The quantitative estimate of drug-likeness (QED) is 0.487. The van der Waals surface area contributed by atoms with E-state index in [1.165, 1.54) is 0 Å². The second kappa shape index (κ2) is 17.5. The molecule has 0 atom stereocenters. The van der Waals surface area contributed by atoms with Crippen LogP contribution in [-0.2, 0) is 0 Å². The van der Waals surface area contributed by atoms with Crippen molar-refractivity contribution in [2.24, 2.45) is 0 Å². The van der Waals surface area contributed by atoms with E-state index in [2.05, 4.69) is 0 Å². The molecular weight excluding hydrogens is 320 g/mol. The van der Waals surface area contributed by atoms with E-state index in [0.29, 0.717) is 0 Å². The summed E-state index contributed by atoms with van der Waals surface area (Å²) in [4.78, 5) is 0. The van der Waals surface area contributed by atoms with E-state index in [0.717, 1.165) is 0 Å². The van der Waals surface area contributed by atoms with E-state index in [4.69, 9.17) is 10.5 Å². The van der Waals surface area contributed by atoms with Gasteiger partial charge < -0.3 is 0 Å². The molecule has 0 unspecified atom stereocenters. The second-order valence-electron chi connectivity index (χ2n) is 0. The van der Waals surface area contributed by atoms with Gasteiger partial charge in [0, 0.05) is 81.7 Å². The summed E-state index contributed by atoms with van der Waals surface area (Å²) >= 11 is 0. The van der Waals surface area contributed by atoms with Crippen LogP contribution >= 0.6 is 0 Å². The van der Waals surface area contributed by atoms with Gasteiger partial charge in [0.2, 0.25) is 0 Å². The van der Waals surface area contributed by atoms with Gasteiger partial charge in [-0.1, -0.05) is 0 Å². The van der Waals surface area contributed by atoms with Crippen LogP contribution in [-0.4, -0.2) is 10.5 Å². The summed E-state index contributed by atoms with van der Waals surface area (Å²) in [6.45, 7) is 0. The van der Waals surface area contributed by atoms with Gasteiger partial charge in [0.1, 0.15) is 0 Å². The van der Waals surface area contributed by atoms with Crippen LogP contribution in [0.1, 0.15) is 0 Å². The van der Waals surface area contributed by atoms with E-state index in [-0.39, 0.29) is 81.7 Å². The van der Waals surface area contributed by atoms with Crippen molar-refractivity contribution in [3.63, 3.8) is 0 Å². The van der Waals surface area contributed by atoms with Crippen LogP contribution in [0.25, 0.3) is 0 Å².